The second-order valence-electron chi connectivity index (χ2n) is 7.37. The number of ether oxygens (including phenoxy) is 2. The number of rotatable bonds is 9. The number of methoxy groups -OCH3 is 1. The average molecular weight is 470 g/mol. The monoisotopic (exact) mass is 469 g/mol. The molecule has 1 N–H and O–H groups in total. The third-order valence-corrected chi connectivity index (χ3v) is 6.59. The molecule has 0 bridgehead atoms. The third kappa shape index (κ3) is 5.61. The largest absolute Gasteiger partial charge is 0.495 e. The lowest BCUT2D eigenvalue weighted by atomic mass is 10.2. The van der Waals surface area contributed by atoms with Gasteiger partial charge in [0.1, 0.15) is 5.75 Å². The number of nitrogens with zero attached hydrogens (tertiary/aromatic N) is 2. The lowest BCUT2D eigenvalue weighted by Crippen LogP contribution is -2.30. The topological polar surface area (TPSA) is 97.8 Å². The van der Waals surface area contributed by atoms with Gasteiger partial charge in [-0.05, 0) is 57.2 Å². The van der Waals surface area contributed by atoms with E-state index in [0.29, 0.717) is 22.9 Å². The minimum absolute atomic E-state index is 0.0307. The van der Waals surface area contributed by atoms with Crippen LogP contribution >= 0.6 is 0 Å². The first-order valence-corrected chi connectivity index (χ1v) is 11.9. The summed E-state index contributed by atoms with van der Waals surface area (Å²) in [4.78, 5) is 16.9. The minimum Gasteiger partial charge on any atom is -0.495 e. The summed E-state index contributed by atoms with van der Waals surface area (Å²) in [5.74, 6) is 0.285. The molecule has 0 spiro atoms. The highest BCUT2D eigenvalue weighted by Gasteiger charge is 2.25. The molecule has 0 fully saturated rings. The van der Waals surface area contributed by atoms with E-state index < -0.39 is 15.9 Å². The van der Waals surface area contributed by atoms with Crippen molar-refractivity contribution in [2.24, 2.45) is 0 Å². The third-order valence-electron chi connectivity index (χ3n) is 4.69. The van der Waals surface area contributed by atoms with Crippen LogP contribution in [0.3, 0.4) is 0 Å². The zero-order valence-corrected chi connectivity index (χ0v) is 19.8. The maximum Gasteiger partial charge on any atom is 0.264 e. The highest BCUT2D eigenvalue weighted by atomic mass is 32.2. The van der Waals surface area contributed by atoms with Crippen molar-refractivity contribution < 1.29 is 22.7 Å². The van der Waals surface area contributed by atoms with E-state index in [1.807, 2.05) is 19.9 Å². The smallest absolute Gasteiger partial charge is 0.264 e. The Hall–Kier alpha value is -3.59. The molecule has 1 heterocycles. The minimum atomic E-state index is -3.87. The predicted molar refractivity (Wildman–Crippen MR) is 128 cm³/mol. The van der Waals surface area contributed by atoms with Gasteiger partial charge in [-0.1, -0.05) is 18.2 Å². The number of aromatic nitrogens is 1. The van der Waals surface area contributed by atoms with Gasteiger partial charge in [0, 0.05) is 18.8 Å². The number of benzene rings is 2. The molecule has 0 saturated heterocycles. The first-order valence-electron chi connectivity index (χ1n) is 10.5. The number of carbonyl (C=O) groups excluding carboxylic acids is 1. The molecule has 0 unspecified atom stereocenters. The summed E-state index contributed by atoms with van der Waals surface area (Å²) in [7, 11) is -2.43. The summed E-state index contributed by atoms with van der Waals surface area (Å²) in [6, 6.07) is 16.4. The number of sulfonamides is 1. The van der Waals surface area contributed by atoms with Gasteiger partial charge < -0.3 is 14.8 Å². The second-order valence-corrected chi connectivity index (χ2v) is 9.24. The van der Waals surface area contributed by atoms with Gasteiger partial charge in [-0.25, -0.2) is 13.4 Å². The number of para-hydroxylation sites is 1. The quantitative estimate of drug-likeness (QED) is 0.501. The molecule has 0 atom stereocenters. The van der Waals surface area contributed by atoms with E-state index in [9.17, 15) is 13.2 Å². The van der Waals surface area contributed by atoms with Crippen LogP contribution < -0.4 is 19.1 Å². The van der Waals surface area contributed by atoms with Crippen LogP contribution in [0.25, 0.3) is 0 Å². The Balaban J connectivity index is 1.90. The SMILES string of the molecule is CCN(c1ccccc1)S(=O)(=O)c1ccc(OC)c(NC(=O)c2ccc(OC(C)C)nc2)c1. The van der Waals surface area contributed by atoms with Crippen molar-refractivity contribution in [3.63, 3.8) is 0 Å². The van der Waals surface area contributed by atoms with Crippen molar-refractivity contribution in [1.29, 1.82) is 0 Å². The number of carbonyl (C=O) groups is 1. The maximum atomic E-state index is 13.3. The summed E-state index contributed by atoms with van der Waals surface area (Å²) in [6.07, 6.45) is 1.36. The van der Waals surface area contributed by atoms with Crippen LogP contribution in [0.4, 0.5) is 11.4 Å². The molecule has 0 aliphatic rings. The Morgan fingerprint density at radius 3 is 2.39 bits per heavy atom. The standard InChI is InChI=1S/C24H27N3O5S/c1-5-27(19-9-7-6-8-10-19)33(29,30)20-12-13-22(31-4)21(15-20)26-24(28)18-11-14-23(25-16-18)32-17(2)3/h6-17H,5H2,1-4H3,(H,26,28). The number of hydrogen-bond acceptors (Lipinski definition) is 6. The van der Waals surface area contributed by atoms with Crippen molar-refractivity contribution >= 4 is 27.3 Å². The van der Waals surface area contributed by atoms with Gasteiger partial charge in [0.25, 0.3) is 15.9 Å². The lowest BCUT2D eigenvalue weighted by molar-refractivity contribution is 0.102. The summed E-state index contributed by atoms with van der Waals surface area (Å²) in [5, 5.41) is 2.72. The van der Waals surface area contributed by atoms with Crippen LogP contribution in [0.5, 0.6) is 11.6 Å². The average Bonchev–Trinajstić information content (AvgIpc) is 2.80. The van der Waals surface area contributed by atoms with Crippen LogP contribution in [0.1, 0.15) is 31.1 Å². The Morgan fingerprint density at radius 2 is 1.82 bits per heavy atom. The van der Waals surface area contributed by atoms with Crippen molar-refractivity contribution in [3.8, 4) is 11.6 Å². The Bertz CT molecular complexity index is 1200. The highest BCUT2D eigenvalue weighted by molar-refractivity contribution is 7.92. The normalized spacial score (nSPS) is 11.2. The molecule has 3 aromatic rings. The molecule has 9 heteroatoms. The van der Waals surface area contributed by atoms with E-state index in [0.717, 1.165) is 0 Å². The Morgan fingerprint density at radius 1 is 1.09 bits per heavy atom. The van der Waals surface area contributed by atoms with Gasteiger partial charge >= 0.3 is 0 Å². The zero-order valence-electron chi connectivity index (χ0n) is 19.0. The van der Waals surface area contributed by atoms with E-state index in [1.54, 1.807) is 43.3 Å². The molecule has 0 radical (unpaired) electrons. The highest BCUT2D eigenvalue weighted by Crippen LogP contribution is 2.31. The van der Waals surface area contributed by atoms with Crippen molar-refractivity contribution in [3.05, 3.63) is 72.4 Å². The van der Waals surface area contributed by atoms with E-state index in [4.69, 9.17) is 9.47 Å². The molecule has 0 saturated carbocycles. The second kappa shape index (κ2) is 10.4. The number of pyridine rings is 1. The van der Waals surface area contributed by atoms with Gasteiger partial charge in [-0.2, -0.15) is 0 Å². The lowest BCUT2D eigenvalue weighted by Gasteiger charge is -2.23. The molecule has 33 heavy (non-hydrogen) atoms. The van der Waals surface area contributed by atoms with Crippen LogP contribution in [0.2, 0.25) is 0 Å². The van der Waals surface area contributed by atoms with Crippen molar-refractivity contribution in [2.75, 3.05) is 23.3 Å². The van der Waals surface area contributed by atoms with Gasteiger partial charge in [0.15, 0.2) is 0 Å². The van der Waals surface area contributed by atoms with Gasteiger partial charge in [-0.3, -0.25) is 9.10 Å². The molecule has 174 valence electrons. The van der Waals surface area contributed by atoms with Crippen LogP contribution in [0, 0.1) is 0 Å². The molecular weight excluding hydrogens is 442 g/mol. The fourth-order valence-corrected chi connectivity index (χ4v) is 4.68. The summed E-state index contributed by atoms with van der Waals surface area (Å²) >= 11 is 0. The van der Waals surface area contributed by atoms with Crippen LogP contribution in [-0.2, 0) is 10.0 Å². The summed E-state index contributed by atoms with van der Waals surface area (Å²) < 4.78 is 38.8. The van der Waals surface area contributed by atoms with Crippen molar-refractivity contribution in [1.82, 2.24) is 4.98 Å². The molecule has 8 nitrogen and oxygen atoms in total. The Kier molecular flexibility index (Phi) is 7.55. The van der Waals surface area contributed by atoms with E-state index in [1.165, 1.54) is 35.8 Å². The predicted octanol–water partition coefficient (Wildman–Crippen LogP) is 4.34. The molecule has 2 aromatic carbocycles. The molecule has 0 aliphatic carbocycles. The van der Waals surface area contributed by atoms with Crippen molar-refractivity contribution in [2.45, 2.75) is 31.8 Å². The number of amides is 1. The fraction of sp³-hybridized carbons (Fsp3) is 0.250. The van der Waals surface area contributed by atoms with Gasteiger partial charge in [0.05, 0.1) is 35.0 Å². The van der Waals surface area contributed by atoms with Gasteiger partial charge in [-0.15, -0.1) is 0 Å². The maximum absolute atomic E-state index is 13.3. The number of hydrogen-bond donors (Lipinski definition) is 1. The van der Waals surface area contributed by atoms with E-state index >= 15 is 0 Å². The first kappa shape index (κ1) is 24.1. The molecule has 0 aliphatic heterocycles. The molecule has 1 aromatic heterocycles. The van der Waals surface area contributed by atoms with Crippen LogP contribution in [0.15, 0.2) is 71.8 Å². The number of anilines is 2. The first-order chi connectivity index (χ1) is 15.8. The summed E-state index contributed by atoms with van der Waals surface area (Å²) in [5.41, 5.74) is 1.08. The fourth-order valence-electron chi connectivity index (χ4n) is 3.18. The zero-order chi connectivity index (χ0) is 24.0. The van der Waals surface area contributed by atoms with Crippen LogP contribution in [-0.4, -0.2) is 39.1 Å². The summed E-state index contributed by atoms with van der Waals surface area (Å²) in [6.45, 7) is 5.77. The van der Waals surface area contributed by atoms with E-state index in [2.05, 4.69) is 10.3 Å². The molecule has 3 rings (SSSR count). The Labute approximate surface area is 194 Å². The number of nitrogens with one attached hydrogen (secondary N) is 1. The van der Waals surface area contributed by atoms with E-state index in [-0.39, 0.29) is 23.2 Å². The molecular formula is C24H27N3O5S. The molecule has 1 amide bonds. The van der Waals surface area contributed by atoms with Gasteiger partial charge in [0.2, 0.25) is 5.88 Å².